The lowest BCUT2D eigenvalue weighted by molar-refractivity contribution is 0.185. The van der Waals surface area contributed by atoms with Crippen LogP contribution in [0.25, 0.3) is 0 Å². The number of rotatable bonds is 8. The van der Waals surface area contributed by atoms with E-state index in [1.54, 1.807) is 6.26 Å². The molecule has 3 nitrogen and oxygen atoms in total. The molecule has 0 saturated carbocycles. The van der Waals surface area contributed by atoms with Crippen molar-refractivity contribution in [2.24, 2.45) is 0 Å². The maximum Gasteiger partial charge on any atom is 0.117 e. The van der Waals surface area contributed by atoms with E-state index in [9.17, 15) is 0 Å². The predicted molar refractivity (Wildman–Crippen MR) is 72.0 cm³/mol. The molecule has 98 valence electrons. The lowest BCUT2D eigenvalue weighted by Gasteiger charge is -2.27. The Labute approximate surface area is 105 Å². The number of nitrogens with zero attached hydrogens (tertiary/aromatic N) is 1. The largest absolute Gasteiger partial charge is 0.468 e. The topological polar surface area (TPSA) is 28.4 Å². The lowest BCUT2D eigenvalue weighted by Crippen LogP contribution is -2.35. The monoisotopic (exact) mass is 238 g/mol. The van der Waals surface area contributed by atoms with E-state index in [1.165, 1.54) is 6.42 Å². The van der Waals surface area contributed by atoms with Crippen molar-refractivity contribution in [1.29, 1.82) is 0 Å². The molecule has 0 spiro atoms. The number of hydrogen-bond acceptors (Lipinski definition) is 3. The van der Waals surface area contributed by atoms with E-state index in [-0.39, 0.29) is 0 Å². The molecule has 0 aliphatic rings. The molecule has 0 fully saturated rings. The second kappa shape index (κ2) is 7.51. The first-order valence-electron chi connectivity index (χ1n) is 6.63. The number of hydrogen-bond donors (Lipinski definition) is 1. The smallest absolute Gasteiger partial charge is 0.117 e. The minimum absolute atomic E-state index is 0.572. The third-order valence-electron chi connectivity index (χ3n) is 3.08. The van der Waals surface area contributed by atoms with Crippen molar-refractivity contribution in [2.45, 2.75) is 52.7 Å². The first-order chi connectivity index (χ1) is 8.13. The van der Waals surface area contributed by atoms with Gasteiger partial charge < -0.3 is 9.73 Å². The standard InChI is InChI=1S/C14H26N2O/c1-5-16(11-14-7-6-10-17-14)13(4)8-9-15-12(2)3/h6-7,10,12-13,15H,5,8-9,11H2,1-4H3. The second-order valence-corrected chi connectivity index (χ2v) is 4.89. The molecule has 1 atom stereocenters. The molecule has 1 unspecified atom stereocenters. The third kappa shape index (κ3) is 5.37. The van der Waals surface area contributed by atoms with Crippen molar-refractivity contribution in [2.75, 3.05) is 13.1 Å². The zero-order valence-corrected chi connectivity index (χ0v) is 11.6. The van der Waals surface area contributed by atoms with E-state index in [0.29, 0.717) is 12.1 Å². The molecule has 17 heavy (non-hydrogen) atoms. The average molecular weight is 238 g/mol. The molecule has 1 heterocycles. The molecule has 0 aliphatic carbocycles. The molecule has 1 aromatic rings. The summed E-state index contributed by atoms with van der Waals surface area (Å²) in [5.41, 5.74) is 0. The van der Waals surface area contributed by atoms with Crippen LogP contribution in [0.2, 0.25) is 0 Å². The van der Waals surface area contributed by atoms with Crippen LogP contribution in [0.4, 0.5) is 0 Å². The highest BCUT2D eigenvalue weighted by atomic mass is 16.3. The molecule has 0 saturated heterocycles. The summed E-state index contributed by atoms with van der Waals surface area (Å²) in [4.78, 5) is 2.45. The molecular weight excluding hydrogens is 212 g/mol. The van der Waals surface area contributed by atoms with Crippen molar-refractivity contribution in [3.8, 4) is 0 Å². The Balaban J connectivity index is 2.33. The normalized spacial score (nSPS) is 13.5. The van der Waals surface area contributed by atoms with Crippen LogP contribution in [0.1, 0.15) is 39.9 Å². The molecule has 3 heteroatoms. The van der Waals surface area contributed by atoms with E-state index in [1.807, 2.05) is 12.1 Å². The van der Waals surface area contributed by atoms with Crippen LogP contribution in [-0.4, -0.2) is 30.1 Å². The van der Waals surface area contributed by atoms with Gasteiger partial charge in [0, 0.05) is 12.1 Å². The van der Waals surface area contributed by atoms with Gasteiger partial charge in [-0.1, -0.05) is 20.8 Å². The highest BCUT2D eigenvalue weighted by Crippen LogP contribution is 2.10. The third-order valence-corrected chi connectivity index (χ3v) is 3.08. The maximum absolute atomic E-state index is 5.40. The Hall–Kier alpha value is -0.800. The van der Waals surface area contributed by atoms with Crippen molar-refractivity contribution in [3.05, 3.63) is 24.2 Å². The van der Waals surface area contributed by atoms with E-state index in [2.05, 4.69) is 37.9 Å². The molecule has 1 aromatic heterocycles. The average Bonchev–Trinajstić information content (AvgIpc) is 2.77. The Morgan fingerprint density at radius 2 is 2.12 bits per heavy atom. The summed E-state index contributed by atoms with van der Waals surface area (Å²) < 4.78 is 5.40. The summed E-state index contributed by atoms with van der Waals surface area (Å²) in [6, 6.07) is 5.15. The highest BCUT2D eigenvalue weighted by Gasteiger charge is 2.13. The maximum atomic E-state index is 5.40. The van der Waals surface area contributed by atoms with E-state index >= 15 is 0 Å². The molecule has 1 N–H and O–H groups in total. The van der Waals surface area contributed by atoms with Crippen LogP contribution < -0.4 is 5.32 Å². The van der Waals surface area contributed by atoms with Gasteiger partial charge in [0.05, 0.1) is 12.8 Å². The van der Waals surface area contributed by atoms with Gasteiger partial charge in [0.2, 0.25) is 0 Å². The molecular formula is C14H26N2O. The summed E-state index contributed by atoms with van der Waals surface area (Å²) in [5, 5.41) is 3.46. The van der Waals surface area contributed by atoms with Gasteiger partial charge in [-0.3, -0.25) is 4.90 Å². The molecule has 0 bridgehead atoms. The van der Waals surface area contributed by atoms with Gasteiger partial charge in [0.15, 0.2) is 0 Å². The fourth-order valence-electron chi connectivity index (χ4n) is 1.95. The van der Waals surface area contributed by atoms with E-state index < -0.39 is 0 Å². The van der Waals surface area contributed by atoms with Crippen molar-refractivity contribution >= 4 is 0 Å². The number of nitrogens with one attached hydrogen (secondary N) is 1. The van der Waals surface area contributed by atoms with Crippen LogP contribution in [0, 0.1) is 0 Å². The zero-order chi connectivity index (χ0) is 12.7. The Kier molecular flexibility index (Phi) is 6.30. The fourth-order valence-corrected chi connectivity index (χ4v) is 1.95. The second-order valence-electron chi connectivity index (χ2n) is 4.89. The van der Waals surface area contributed by atoms with Gasteiger partial charge >= 0.3 is 0 Å². The SMILES string of the molecule is CCN(Cc1ccco1)C(C)CCNC(C)C. The summed E-state index contributed by atoms with van der Waals surface area (Å²) in [7, 11) is 0. The van der Waals surface area contributed by atoms with Gasteiger partial charge in [-0.25, -0.2) is 0 Å². The zero-order valence-electron chi connectivity index (χ0n) is 11.6. The summed E-state index contributed by atoms with van der Waals surface area (Å²) in [6.45, 7) is 11.9. The quantitative estimate of drug-likeness (QED) is 0.755. The Bertz CT molecular complexity index is 282. The number of furan rings is 1. The summed E-state index contributed by atoms with van der Waals surface area (Å²) >= 11 is 0. The lowest BCUT2D eigenvalue weighted by atomic mass is 10.2. The first-order valence-corrected chi connectivity index (χ1v) is 6.63. The van der Waals surface area contributed by atoms with Gasteiger partial charge in [0.25, 0.3) is 0 Å². The van der Waals surface area contributed by atoms with Crippen molar-refractivity contribution in [3.63, 3.8) is 0 Å². The predicted octanol–water partition coefficient (Wildman–Crippen LogP) is 2.88. The van der Waals surface area contributed by atoms with Crippen LogP contribution in [0.5, 0.6) is 0 Å². The molecule has 0 amide bonds. The Morgan fingerprint density at radius 1 is 1.35 bits per heavy atom. The van der Waals surface area contributed by atoms with E-state index in [4.69, 9.17) is 4.42 Å². The van der Waals surface area contributed by atoms with E-state index in [0.717, 1.165) is 25.4 Å². The minimum atomic E-state index is 0.572. The van der Waals surface area contributed by atoms with Crippen molar-refractivity contribution in [1.82, 2.24) is 10.2 Å². The Morgan fingerprint density at radius 3 is 2.65 bits per heavy atom. The van der Waals surface area contributed by atoms with Gasteiger partial charge in [-0.05, 0) is 38.6 Å². The van der Waals surface area contributed by atoms with Gasteiger partial charge in [-0.15, -0.1) is 0 Å². The molecule has 1 rings (SSSR count). The van der Waals surface area contributed by atoms with Crippen molar-refractivity contribution < 1.29 is 4.42 Å². The molecule has 0 aliphatic heterocycles. The summed E-state index contributed by atoms with van der Waals surface area (Å²) in [5.74, 6) is 1.05. The summed E-state index contributed by atoms with van der Waals surface area (Å²) in [6.07, 6.45) is 2.92. The molecule has 0 radical (unpaired) electrons. The first kappa shape index (κ1) is 14.3. The van der Waals surface area contributed by atoms with Gasteiger partial charge in [0.1, 0.15) is 5.76 Å². The van der Waals surface area contributed by atoms with Crippen LogP contribution in [0.15, 0.2) is 22.8 Å². The highest BCUT2D eigenvalue weighted by molar-refractivity contribution is 4.98. The minimum Gasteiger partial charge on any atom is -0.468 e. The van der Waals surface area contributed by atoms with Gasteiger partial charge in [-0.2, -0.15) is 0 Å². The van der Waals surface area contributed by atoms with Crippen LogP contribution in [-0.2, 0) is 6.54 Å². The molecule has 0 aromatic carbocycles. The van der Waals surface area contributed by atoms with Crippen LogP contribution in [0.3, 0.4) is 0 Å². The van der Waals surface area contributed by atoms with Crippen LogP contribution >= 0.6 is 0 Å². The fraction of sp³-hybridized carbons (Fsp3) is 0.714.